The molecule has 3 aliphatic rings. The molecule has 0 saturated carbocycles. The van der Waals surface area contributed by atoms with Crippen LogP contribution in [0.3, 0.4) is 0 Å². The first-order valence-electron chi connectivity index (χ1n) is 10.7. The number of carbonyl (C=O) groups excluding carboxylic acids is 1. The molecule has 2 fully saturated rings. The SMILES string of the molecule is O=C(C1CS(O)(O)C1)N1CC(F)(c2ccc(C3=CC(c4cc(Cl)c(F)c(Cl)c4)(C(F)(F)F)ON3)cn2)C1. The summed E-state index contributed by atoms with van der Waals surface area (Å²) in [6.07, 6.45) is -3.12. The number of alkyl halides is 4. The van der Waals surface area contributed by atoms with E-state index in [0.29, 0.717) is 0 Å². The second kappa shape index (κ2) is 8.68. The van der Waals surface area contributed by atoms with E-state index in [4.69, 9.17) is 28.0 Å². The van der Waals surface area contributed by atoms with Gasteiger partial charge in [0.05, 0.1) is 51.9 Å². The van der Waals surface area contributed by atoms with Crippen molar-refractivity contribution in [1.29, 1.82) is 0 Å². The Labute approximate surface area is 218 Å². The maximum Gasteiger partial charge on any atom is 0.428 e. The maximum atomic E-state index is 15.3. The molecule has 5 rings (SSSR count). The van der Waals surface area contributed by atoms with Crippen LogP contribution in [0.25, 0.3) is 5.70 Å². The van der Waals surface area contributed by atoms with Crippen LogP contribution in [0.15, 0.2) is 36.5 Å². The number of hydrogen-bond donors (Lipinski definition) is 3. The third kappa shape index (κ3) is 4.45. The molecule has 3 N–H and O–H groups in total. The van der Waals surface area contributed by atoms with Gasteiger partial charge in [0.2, 0.25) is 11.5 Å². The lowest BCUT2D eigenvalue weighted by Gasteiger charge is -2.51. The number of pyridine rings is 1. The molecule has 1 aromatic heterocycles. The Bertz CT molecular complexity index is 1270. The summed E-state index contributed by atoms with van der Waals surface area (Å²) in [7, 11) is -2.70. The zero-order chi connectivity index (χ0) is 27.0. The highest BCUT2D eigenvalue weighted by molar-refractivity contribution is 8.25. The lowest BCUT2D eigenvalue weighted by molar-refractivity contribution is -0.269. The first-order chi connectivity index (χ1) is 17.1. The number of benzene rings is 1. The summed E-state index contributed by atoms with van der Waals surface area (Å²) >= 11 is 11.4. The molecule has 1 amide bonds. The van der Waals surface area contributed by atoms with Crippen LogP contribution < -0.4 is 5.48 Å². The van der Waals surface area contributed by atoms with Crippen molar-refractivity contribution >= 4 is 45.4 Å². The Morgan fingerprint density at radius 2 is 1.81 bits per heavy atom. The summed E-state index contributed by atoms with van der Waals surface area (Å²) in [6.45, 7) is -0.553. The van der Waals surface area contributed by atoms with Crippen LogP contribution in [0.5, 0.6) is 0 Å². The van der Waals surface area contributed by atoms with Crippen LogP contribution in [0.2, 0.25) is 10.0 Å². The van der Waals surface area contributed by atoms with Gasteiger partial charge in [-0.15, -0.1) is 0 Å². The van der Waals surface area contributed by atoms with Crippen LogP contribution in [0.1, 0.15) is 16.8 Å². The summed E-state index contributed by atoms with van der Waals surface area (Å²) in [5.41, 5.74) is -3.35. The van der Waals surface area contributed by atoms with Crippen molar-refractivity contribution in [2.45, 2.75) is 17.4 Å². The van der Waals surface area contributed by atoms with Gasteiger partial charge in [0.1, 0.15) is 0 Å². The molecule has 15 heteroatoms. The molecule has 37 heavy (non-hydrogen) atoms. The molecule has 3 aliphatic heterocycles. The fraction of sp³-hybridized carbons (Fsp3) is 0.364. The van der Waals surface area contributed by atoms with Gasteiger partial charge in [-0.2, -0.15) is 23.8 Å². The van der Waals surface area contributed by atoms with Gasteiger partial charge >= 0.3 is 6.18 Å². The fourth-order valence-electron chi connectivity index (χ4n) is 4.45. The van der Waals surface area contributed by atoms with E-state index in [9.17, 15) is 31.5 Å². The monoisotopic (exact) mass is 585 g/mol. The second-order valence-corrected chi connectivity index (χ2v) is 12.3. The predicted molar refractivity (Wildman–Crippen MR) is 126 cm³/mol. The molecule has 200 valence electrons. The number of carbonyl (C=O) groups is 1. The van der Waals surface area contributed by atoms with Crippen molar-refractivity contribution in [3.05, 3.63) is 69.2 Å². The van der Waals surface area contributed by atoms with E-state index in [1.807, 2.05) is 0 Å². The van der Waals surface area contributed by atoms with E-state index >= 15 is 4.39 Å². The minimum Gasteiger partial charge on any atom is -0.335 e. The second-order valence-electron chi connectivity index (χ2n) is 9.17. The van der Waals surface area contributed by atoms with Crippen LogP contribution >= 0.6 is 33.8 Å². The van der Waals surface area contributed by atoms with Crippen molar-refractivity contribution in [1.82, 2.24) is 15.4 Å². The van der Waals surface area contributed by atoms with E-state index in [1.54, 1.807) is 0 Å². The molecule has 1 atom stereocenters. The molecule has 4 heterocycles. The highest BCUT2D eigenvalue weighted by atomic mass is 35.5. The van der Waals surface area contributed by atoms with Crippen LogP contribution in [0.4, 0.5) is 22.0 Å². The summed E-state index contributed by atoms with van der Waals surface area (Å²) in [5, 5.41) is -1.23. The summed E-state index contributed by atoms with van der Waals surface area (Å²) < 4.78 is 90.4. The van der Waals surface area contributed by atoms with Gasteiger partial charge in [-0.1, -0.05) is 23.2 Å². The molecule has 1 aromatic carbocycles. The first-order valence-corrected chi connectivity index (χ1v) is 13.4. The van der Waals surface area contributed by atoms with Crippen LogP contribution in [-0.4, -0.2) is 55.7 Å². The zero-order valence-electron chi connectivity index (χ0n) is 18.5. The van der Waals surface area contributed by atoms with Crippen molar-refractivity contribution in [3.63, 3.8) is 0 Å². The number of amides is 1. The molecule has 2 saturated heterocycles. The largest absolute Gasteiger partial charge is 0.428 e. The number of likely N-dealkylation sites (tertiary alicyclic amines) is 1. The molecule has 7 nitrogen and oxygen atoms in total. The number of aromatic nitrogens is 1. The van der Waals surface area contributed by atoms with Gasteiger partial charge in [0, 0.05) is 17.3 Å². The average molecular weight is 586 g/mol. The van der Waals surface area contributed by atoms with Crippen molar-refractivity contribution in [3.8, 4) is 0 Å². The Morgan fingerprint density at radius 1 is 1.19 bits per heavy atom. The van der Waals surface area contributed by atoms with Gasteiger partial charge < -0.3 is 4.90 Å². The number of hydrogen-bond acceptors (Lipinski definition) is 6. The predicted octanol–water partition coefficient (Wildman–Crippen LogP) is 5.25. The third-order valence-electron chi connectivity index (χ3n) is 6.52. The number of nitrogens with zero attached hydrogens (tertiary/aromatic N) is 2. The van der Waals surface area contributed by atoms with Gasteiger partial charge in [-0.05, 0) is 30.3 Å². The smallest absolute Gasteiger partial charge is 0.335 e. The van der Waals surface area contributed by atoms with Gasteiger partial charge in [-0.25, -0.2) is 8.78 Å². The Hall–Kier alpha value is -2.16. The Kier molecular flexibility index (Phi) is 6.20. The standard InChI is InChI=1S/C22H18Cl2F5N3O4S/c23-14-3-13(4-15(24)18(14)25)21(22(27,28)29)5-16(31-36-21)11-1-2-17(30-6-11)20(26)9-32(10-20)19(33)12-7-37(34,35)8-12/h1-6,12,31,34-35H,7-10H2. The van der Waals surface area contributed by atoms with Gasteiger partial charge in [-0.3, -0.25) is 29.2 Å². The number of halogens is 7. The minimum absolute atomic E-state index is 0.0168. The van der Waals surface area contributed by atoms with E-state index in [1.165, 1.54) is 17.0 Å². The summed E-state index contributed by atoms with van der Waals surface area (Å²) in [6, 6.07) is 4.16. The van der Waals surface area contributed by atoms with Crippen molar-refractivity contribution in [2.24, 2.45) is 5.92 Å². The normalized spacial score (nSPS) is 25.5. The van der Waals surface area contributed by atoms with E-state index < -0.39 is 55.4 Å². The molecular weight excluding hydrogens is 568 g/mol. The summed E-state index contributed by atoms with van der Waals surface area (Å²) in [4.78, 5) is 22.6. The minimum atomic E-state index is -5.00. The number of hydroxylamine groups is 1. The molecule has 0 spiro atoms. The molecular formula is C22H18Cl2F5N3O4S. The molecule has 0 aliphatic carbocycles. The number of nitrogens with one attached hydrogen (secondary N) is 1. The van der Waals surface area contributed by atoms with Crippen LogP contribution in [0, 0.1) is 11.7 Å². The Balaban J connectivity index is 1.35. The Morgan fingerprint density at radius 3 is 2.32 bits per heavy atom. The highest BCUT2D eigenvalue weighted by Crippen LogP contribution is 2.53. The number of rotatable bonds is 4. The lowest BCUT2D eigenvalue weighted by atomic mass is 9.89. The van der Waals surface area contributed by atoms with Gasteiger partial charge in [0.15, 0.2) is 11.5 Å². The summed E-state index contributed by atoms with van der Waals surface area (Å²) in [5.74, 6) is -2.05. The zero-order valence-corrected chi connectivity index (χ0v) is 20.9. The lowest BCUT2D eigenvalue weighted by Crippen LogP contribution is -2.62. The first kappa shape index (κ1) is 26.4. The quantitative estimate of drug-likeness (QED) is 0.335. The van der Waals surface area contributed by atoms with Gasteiger partial charge in [0.25, 0.3) is 0 Å². The van der Waals surface area contributed by atoms with E-state index in [-0.39, 0.29) is 47.5 Å². The average Bonchev–Trinajstić information content (AvgIpc) is 3.25. The van der Waals surface area contributed by atoms with Crippen LogP contribution in [-0.2, 0) is 20.9 Å². The third-order valence-corrected chi connectivity index (χ3v) is 8.94. The maximum absolute atomic E-state index is 15.3. The molecule has 0 radical (unpaired) electrons. The van der Waals surface area contributed by atoms with E-state index in [0.717, 1.165) is 24.4 Å². The molecule has 1 unspecified atom stereocenters. The van der Waals surface area contributed by atoms with Crippen molar-refractivity contribution in [2.75, 3.05) is 24.6 Å². The molecule has 0 bridgehead atoms. The van der Waals surface area contributed by atoms with Crippen molar-refractivity contribution < 1.29 is 40.7 Å². The topological polar surface area (TPSA) is 94.9 Å². The molecule has 2 aromatic rings. The van der Waals surface area contributed by atoms with E-state index in [2.05, 4.69) is 10.5 Å². The fourth-order valence-corrected chi connectivity index (χ4v) is 6.41. The highest BCUT2D eigenvalue weighted by Gasteiger charge is 2.60.